The van der Waals surface area contributed by atoms with E-state index in [0.717, 1.165) is 16.3 Å². The normalized spacial score (nSPS) is 22.7. The van der Waals surface area contributed by atoms with Crippen LogP contribution in [0.4, 0.5) is 5.13 Å². The number of ether oxygens (including phenoxy) is 2. The zero-order valence-corrected chi connectivity index (χ0v) is 20.4. The highest BCUT2D eigenvalue weighted by Crippen LogP contribution is 2.26. The van der Waals surface area contributed by atoms with Gasteiger partial charge in [-0.15, -0.1) is 10.2 Å². The zero-order chi connectivity index (χ0) is 24.0. The number of benzene rings is 1. The van der Waals surface area contributed by atoms with Crippen LogP contribution in [-0.4, -0.2) is 71.9 Å². The highest BCUT2D eigenvalue weighted by molar-refractivity contribution is 7.15. The molecule has 1 saturated heterocycles. The number of amides is 2. The Morgan fingerprint density at radius 2 is 2.12 bits per heavy atom. The predicted octanol–water partition coefficient (Wildman–Crippen LogP) is 2.37. The Hall–Kier alpha value is -2.82. The minimum Gasteiger partial charge on any atom is -0.491 e. The first-order valence-corrected chi connectivity index (χ1v) is 12.4. The maximum Gasteiger partial charge on any atom is 0.254 e. The lowest BCUT2D eigenvalue weighted by Crippen LogP contribution is -2.60. The molecule has 182 valence electrons. The Bertz CT molecular complexity index is 1040. The van der Waals surface area contributed by atoms with Crippen molar-refractivity contribution in [3.63, 3.8) is 0 Å². The summed E-state index contributed by atoms with van der Waals surface area (Å²) in [6.07, 6.45) is 5.15. The molecule has 0 aliphatic carbocycles. The maximum atomic E-state index is 13.2. The van der Waals surface area contributed by atoms with E-state index in [-0.39, 0.29) is 24.3 Å². The van der Waals surface area contributed by atoms with Gasteiger partial charge in [0.2, 0.25) is 11.0 Å². The molecule has 34 heavy (non-hydrogen) atoms. The Kier molecular flexibility index (Phi) is 7.91. The van der Waals surface area contributed by atoms with E-state index < -0.39 is 5.60 Å². The minimum absolute atomic E-state index is 0.148. The van der Waals surface area contributed by atoms with E-state index >= 15 is 0 Å². The van der Waals surface area contributed by atoms with Crippen molar-refractivity contribution in [3.05, 3.63) is 47.0 Å². The molecule has 4 rings (SSSR count). The van der Waals surface area contributed by atoms with E-state index in [1.807, 2.05) is 55.2 Å². The summed E-state index contributed by atoms with van der Waals surface area (Å²) in [4.78, 5) is 27.8. The van der Waals surface area contributed by atoms with Crippen molar-refractivity contribution in [2.24, 2.45) is 0 Å². The van der Waals surface area contributed by atoms with Gasteiger partial charge in [0.1, 0.15) is 17.4 Å². The molecule has 1 spiro atoms. The number of hydrogen-bond donors (Lipinski definition) is 2. The molecule has 1 fully saturated rings. The lowest BCUT2D eigenvalue weighted by molar-refractivity contribution is -0.160. The van der Waals surface area contributed by atoms with Gasteiger partial charge in [0, 0.05) is 25.4 Å². The number of anilines is 1. The number of carbonyl (C=O) groups excluding carboxylic acids is 2. The quantitative estimate of drug-likeness (QED) is 0.641. The summed E-state index contributed by atoms with van der Waals surface area (Å²) >= 11 is 1.38. The van der Waals surface area contributed by atoms with E-state index in [0.29, 0.717) is 50.8 Å². The third-order valence-electron chi connectivity index (χ3n) is 5.80. The molecule has 2 N–H and O–H groups in total. The molecular formula is C24H31N5O4S. The van der Waals surface area contributed by atoms with Crippen LogP contribution in [0.1, 0.15) is 36.8 Å². The SMILES string of the molecule is CC(C)c1nnc(NC(=O)CN2CCOC3(C/C=C/Cc4ccccc4OCCNC3=O)C2)s1. The first-order chi connectivity index (χ1) is 16.4. The second-order valence-corrected chi connectivity index (χ2v) is 9.80. The van der Waals surface area contributed by atoms with Gasteiger partial charge in [-0.3, -0.25) is 19.8 Å². The minimum atomic E-state index is -1.05. The molecule has 1 unspecified atom stereocenters. The number of fused-ring (bicyclic) bond motifs is 1. The number of allylic oxidation sites excluding steroid dienone is 1. The molecule has 10 heteroatoms. The molecule has 2 aromatic rings. The average molecular weight is 486 g/mol. The number of para-hydroxylation sites is 1. The fourth-order valence-corrected chi connectivity index (χ4v) is 4.77. The van der Waals surface area contributed by atoms with Crippen molar-refractivity contribution in [3.8, 4) is 5.75 Å². The van der Waals surface area contributed by atoms with Crippen molar-refractivity contribution in [2.45, 2.75) is 38.2 Å². The largest absolute Gasteiger partial charge is 0.491 e. The van der Waals surface area contributed by atoms with Gasteiger partial charge in [0.25, 0.3) is 5.91 Å². The molecule has 0 saturated carbocycles. The van der Waals surface area contributed by atoms with Crippen LogP contribution in [0.15, 0.2) is 36.4 Å². The Balaban J connectivity index is 1.41. The number of rotatable bonds is 4. The summed E-state index contributed by atoms with van der Waals surface area (Å²) < 4.78 is 11.9. The summed E-state index contributed by atoms with van der Waals surface area (Å²) in [5.41, 5.74) is 0.0428. The summed E-state index contributed by atoms with van der Waals surface area (Å²) in [5, 5.41) is 15.3. The van der Waals surface area contributed by atoms with Crippen molar-refractivity contribution < 1.29 is 19.1 Å². The van der Waals surface area contributed by atoms with Crippen LogP contribution in [0.2, 0.25) is 0 Å². The van der Waals surface area contributed by atoms with Crippen LogP contribution >= 0.6 is 11.3 Å². The van der Waals surface area contributed by atoms with E-state index in [1.54, 1.807) is 0 Å². The van der Waals surface area contributed by atoms with Crippen LogP contribution in [0.3, 0.4) is 0 Å². The molecule has 2 amide bonds. The zero-order valence-electron chi connectivity index (χ0n) is 19.6. The highest BCUT2D eigenvalue weighted by Gasteiger charge is 2.43. The third-order valence-corrected chi connectivity index (χ3v) is 6.94. The number of aromatic nitrogens is 2. The number of nitrogens with zero attached hydrogens (tertiary/aromatic N) is 3. The molecule has 0 bridgehead atoms. The van der Waals surface area contributed by atoms with E-state index in [2.05, 4.69) is 20.8 Å². The van der Waals surface area contributed by atoms with Crippen molar-refractivity contribution >= 4 is 28.3 Å². The monoisotopic (exact) mass is 485 g/mol. The number of nitrogens with one attached hydrogen (secondary N) is 2. The summed E-state index contributed by atoms with van der Waals surface area (Å²) in [6, 6.07) is 7.91. The third kappa shape index (κ3) is 5.99. The topological polar surface area (TPSA) is 106 Å². The van der Waals surface area contributed by atoms with Gasteiger partial charge in [0.15, 0.2) is 5.60 Å². The van der Waals surface area contributed by atoms with E-state index in [1.165, 1.54) is 11.3 Å². The van der Waals surface area contributed by atoms with Gasteiger partial charge in [0.05, 0.1) is 19.7 Å². The Labute approximate surface area is 203 Å². The predicted molar refractivity (Wildman–Crippen MR) is 130 cm³/mol. The first-order valence-electron chi connectivity index (χ1n) is 11.6. The summed E-state index contributed by atoms with van der Waals surface area (Å²) in [7, 11) is 0. The lowest BCUT2D eigenvalue weighted by atomic mass is 9.94. The molecule has 1 aromatic carbocycles. The summed E-state index contributed by atoms with van der Waals surface area (Å²) in [5.74, 6) is 0.718. The van der Waals surface area contributed by atoms with Crippen molar-refractivity contribution in [2.75, 3.05) is 44.7 Å². The average Bonchev–Trinajstić information content (AvgIpc) is 3.28. The van der Waals surface area contributed by atoms with Crippen molar-refractivity contribution in [1.82, 2.24) is 20.4 Å². The van der Waals surface area contributed by atoms with Gasteiger partial charge in [-0.05, 0) is 18.1 Å². The molecule has 3 heterocycles. The van der Waals surface area contributed by atoms with E-state index in [9.17, 15) is 9.59 Å². The van der Waals surface area contributed by atoms with Gasteiger partial charge >= 0.3 is 0 Å². The molecule has 1 aromatic heterocycles. The smallest absolute Gasteiger partial charge is 0.254 e. The second-order valence-electron chi connectivity index (χ2n) is 8.79. The lowest BCUT2D eigenvalue weighted by Gasteiger charge is -2.41. The van der Waals surface area contributed by atoms with Gasteiger partial charge in [-0.2, -0.15) is 0 Å². The first kappa shape index (κ1) is 24.3. The molecule has 9 nitrogen and oxygen atoms in total. The maximum absolute atomic E-state index is 13.2. The van der Waals surface area contributed by atoms with Gasteiger partial charge in [-0.1, -0.05) is 55.5 Å². The summed E-state index contributed by atoms with van der Waals surface area (Å²) in [6.45, 7) is 6.21. The van der Waals surface area contributed by atoms with Crippen LogP contribution in [-0.2, 0) is 20.7 Å². The van der Waals surface area contributed by atoms with Gasteiger partial charge in [-0.25, -0.2) is 0 Å². The molecule has 1 atom stereocenters. The van der Waals surface area contributed by atoms with Crippen molar-refractivity contribution in [1.29, 1.82) is 0 Å². The number of morpholine rings is 1. The van der Waals surface area contributed by atoms with E-state index in [4.69, 9.17) is 9.47 Å². The molecule has 2 aliphatic heterocycles. The van der Waals surface area contributed by atoms with Crippen LogP contribution in [0, 0.1) is 0 Å². The number of hydrogen-bond acceptors (Lipinski definition) is 8. The molecular weight excluding hydrogens is 454 g/mol. The second kappa shape index (κ2) is 11.1. The van der Waals surface area contributed by atoms with Crippen LogP contribution in [0.5, 0.6) is 5.75 Å². The van der Waals surface area contributed by atoms with Gasteiger partial charge < -0.3 is 14.8 Å². The standard InChI is InChI=1S/C24H31N5O4S/c1-17(2)21-27-28-23(34-21)26-20(30)15-29-12-14-33-24(16-29)10-6-5-8-18-7-3-4-9-19(18)32-13-11-25-22(24)31/h3-7,9,17H,8,10-16H2,1-2H3,(H,25,31)(H,26,28,30)/b6-5+. The number of carbonyl (C=O) groups is 2. The fourth-order valence-electron chi connectivity index (χ4n) is 4.01. The fraction of sp³-hybridized carbons (Fsp3) is 0.500. The highest BCUT2D eigenvalue weighted by atomic mass is 32.1. The molecule has 0 radical (unpaired) electrons. The Morgan fingerprint density at radius 3 is 2.94 bits per heavy atom. The van der Waals surface area contributed by atoms with Crippen LogP contribution in [0.25, 0.3) is 0 Å². The van der Waals surface area contributed by atoms with Crippen LogP contribution < -0.4 is 15.4 Å². The Morgan fingerprint density at radius 1 is 1.26 bits per heavy atom. The molecule has 2 aliphatic rings.